The summed E-state index contributed by atoms with van der Waals surface area (Å²) >= 11 is 0. The number of fused-ring (bicyclic) bond motifs is 1. The third-order valence-electron chi connectivity index (χ3n) is 7.33. The zero-order valence-corrected chi connectivity index (χ0v) is 18.3. The van der Waals surface area contributed by atoms with Crippen molar-refractivity contribution in [2.24, 2.45) is 7.05 Å². The smallest absolute Gasteiger partial charge is 0.272 e. The number of H-pyrrole nitrogens is 1. The topological polar surface area (TPSA) is 87.1 Å². The highest BCUT2D eigenvalue weighted by Gasteiger charge is 2.33. The zero-order valence-electron chi connectivity index (χ0n) is 18.3. The van der Waals surface area contributed by atoms with Crippen LogP contribution in [0.4, 0.5) is 0 Å². The lowest BCUT2D eigenvalue weighted by atomic mass is 9.92. The summed E-state index contributed by atoms with van der Waals surface area (Å²) in [4.78, 5) is 38.6. The van der Waals surface area contributed by atoms with Crippen LogP contribution in [0.25, 0.3) is 0 Å². The fraction of sp³-hybridized carbons (Fsp3) is 0.652. The van der Waals surface area contributed by atoms with Gasteiger partial charge >= 0.3 is 0 Å². The van der Waals surface area contributed by atoms with Crippen molar-refractivity contribution in [3.63, 3.8) is 0 Å². The molecule has 0 aromatic carbocycles. The highest BCUT2D eigenvalue weighted by Crippen LogP contribution is 2.31. The maximum Gasteiger partial charge on any atom is 0.272 e. The van der Waals surface area contributed by atoms with Crippen molar-refractivity contribution in [3.05, 3.63) is 45.4 Å². The first-order chi connectivity index (χ1) is 15.1. The maximum atomic E-state index is 13.2. The molecule has 31 heavy (non-hydrogen) atoms. The van der Waals surface area contributed by atoms with E-state index in [1.54, 1.807) is 24.0 Å². The molecule has 1 aliphatic carbocycles. The SMILES string of the molecule is Cn1nccc1C(=O)N1CCCC[C@H]1c1nc2c(c(=O)[nH]1)CCN(C1CCCCC1)C2. The molecular formula is C23H32N6O2. The van der Waals surface area contributed by atoms with Crippen molar-refractivity contribution >= 4 is 5.91 Å². The normalized spacial score (nSPS) is 23.0. The Balaban J connectivity index is 1.43. The Morgan fingerprint density at radius 3 is 2.68 bits per heavy atom. The molecule has 0 spiro atoms. The molecule has 0 bridgehead atoms. The molecule has 1 N–H and O–H groups in total. The van der Waals surface area contributed by atoms with Gasteiger partial charge in [0.05, 0.1) is 11.7 Å². The monoisotopic (exact) mass is 424 g/mol. The number of piperidine rings is 1. The summed E-state index contributed by atoms with van der Waals surface area (Å²) in [6.45, 7) is 2.36. The number of aromatic nitrogens is 4. The number of rotatable bonds is 3. The average Bonchev–Trinajstić information content (AvgIpc) is 3.24. The van der Waals surface area contributed by atoms with Crippen LogP contribution < -0.4 is 5.56 Å². The van der Waals surface area contributed by atoms with Crippen LogP contribution in [-0.2, 0) is 20.0 Å². The van der Waals surface area contributed by atoms with Gasteiger partial charge in [-0.3, -0.25) is 19.2 Å². The van der Waals surface area contributed by atoms with E-state index < -0.39 is 0 Å². The first kappa shape index (κ1) is 20.4. The van der Waals surface area contributed by atoms with Crippen LogP contribution in [0, 0.1) is 0 Å². The second kappa shape index (κ2) is 8.57. The lowest BCUT2D eigenvalue weighted by Gasteiger charge is -2.38. The molecule has 2 fully saturated rings. The number of carbonyl (C=O) groups is 1. The van der Waals surface area contributed by atoms with E-state index in [4.69, 9.17) is 4.98 Å². The van der Waals surface area contributed by atoms with E-state index in [1.165, 1.54) is 32.1 Å². The van der Waals surface area contributed by atoms with Gasteiger partial charge < -0.3 is 9.88 Å². The number of aromatic amines is 1. The third kappa shape index (κ3) is 3.93. The van der Waals surface area contributed by atoms with E-state index in [2.05, 4.69) is 15.0 Å². The van der Waals surface area contributed by atoms with Crippen molar-refractivity contribution in [1.29, 1.82) is 0 Å². The summed E-state index contributed by atoms with van der Waals surface area (Å²) in [5.74, 6) is 0.596. The summed E-state index contributed by atoms with van der Waals surface area (Å²) in [6, 6.07) is 2.17. The number of likely N-dealkylation sites (tertiary alicyclic amines) is 1. The van der Waals surface area contributed by atoms with Gasteiger partial charge in [0.2, 0.25) is 0 Å². The molecule has 166 valence electrons. The first-order valence-corrected chi connectivity index (χ1v) is 11.8. The van der Waals surface area contributed by atoms with E-state index in [-0.39, 0.29) is 17.5 Å². The Hall–Kier alpha value is -2.48. The maximum absolute atomic E-state index is 13.2. The Bertz CT molecular complexity index is 1010. The minimum Gasteiger partial charge on any atom is -0.327 e. The molecule has 1 saturated carbocycles. The van der Waals surface area contributed by atoms with Crippen molar-refractivity contribution in [3.8, 4) is 0 Å². The first-order valence-electron chi connectivity index (χ1n) is 11.8. The van der Waals surface area contributed by atoms with Crippen molar-refractivity contribution in [1.82, 2.24) is 29.5 Å². The van der Waals surface area contributed by atoms with E-state index in [1.807, 2.05) is 4.90 Å². The van der Waals surface area contributed by atoms with Gasteiger partial charge in [0.1, 0.15) is 11.5 Å². The lowest BCUT2D eigenvalue weighted by Crippen LogP contribution is -2.44. The third-order valence-corrected chi connectivity index (χ3v) is 7.33. The van der Waals surface area contributed by atoms with Crippen molar-refractivity contribution < 1.29 is 4.79 Å². The van der Waals surface area contributed by atoms with Crippen LogP contribution in [0.2, 0.25) is 0 Å². The number of hydrogen-bond donors (Lipinski definition) is 1. The molecule has 2 aliphatic heterocycles. The molecule has 1 amide bonds. The van der Waals surface area contributed by atoms with E-state index in [0.29, 0.717) is 24.1 Å². The lowest BCUT2D eigenvalue weighted by molar-refractivity contribution is 0.0586. The second-order valence-corrected chi connectivity index (χ2v) is 9.24. The van der Waals surface area contributed by atoms with Crippen LogP contribution in [0.1, 0.15) is 85.0 Å². The second-order valence-electron chi connectivity index (χ2n) is 9.24. The van der Waals surface area contributed by atoms with Crippen molar-refractivity contribution in [2.45, 2.75) is 76.4 Å². The molecule has 5 rings (SSSR count). The highest BCUT2D eigenvalue weighted by molar-refractivity contribution is 5.92. The summed E-state index contributed by atoms with van der Waals surface area (Å²) in [6.07, 6.45) is 11.6. The average molecular weight is 425 g/mol. The molecule has 8 heteroatoms. The Morgan fingerprint density at radius 1 is 1.10 bits per heavy atom. The van der Waals surface area contributed by atoms with Gasteiger partial charge in [-0.05, 0) is 44.6 Å². The number of aryl methyl sites for hydroxylation is 1. The van der Waals surface area contributed by atoms with Crippen LogP contribution in [-0.4, -0.2) is 54.6 Å². The predicted molar refractivity (Wildman–Crippen MR) is 117 cm³/mol. The van der Waals surface area contributed by atoms with Gasteiger partial charge in [-0.15, -0.1) is 0 Å². The molecule has 2 aromatic heterocycles. The number of hydrogen-bond acceptors (Lipinski definition) is 5. The molecule has 0 radical (unpaired) electrons. The van der Waals surface area contributed by atoms with Gasteiger partial charge in [-0.25, -0.2) is 4.98 Å². The van der Waals surface area contributed by atoms with E-state index in [9.17, 15) is 9.59 Å². The van der Waals surface area contributed by atoms with Crippen LogP contribution in [0.3, 0.4) is 0 Å². The van der Waals surface area contributed by atoms with Crippen LogP contribution in [0.5, 0.6) is 0 Å². The number of nitrogens with one attached hydrogen (secondary N) is 1. The minimum atomic E-state index is -0.195. The standard InChI is InChI=1S/C23H32N6O2/c1-27-20(10-12-24-27)23(31)29-13-6-5-9-19(29)21-25-18-15-28(16-7-3-2-4-8-16)14-11-17(18)22(30)26-21/h10,12,16,19H,2-9,11,13-15H2,1H3,(H,25,26,30)/t19-/m0/s1. The molecular weight excluding hydrogens is 392 g/mol. The Labute approximate surface area is 182 Å². The molecule has 1 saturated heterocycles. The van der Waals surface area contributed by atoms with E-state index >= 15 is 0 Å². The van der Waals surface area contributed by atoms with Gasteiger partial charge in [0, 0.05) is 44.5 Å². The molecule has 1 atom stereocenters. The molecule has 2 aromatic rings. The Kier molecular flexibility index (Phi) is 5.65. The van der Waals surface area contributed by atoms with Crippen LogP contribution in [0.15, 0.2) is 17.1 Å². The molecule has 8 nitrogen and oxygen atoms in total. The fourth-order valence-electron chi connectivity index (χ4n) is 5.58. The minimum absolute atomic E-state index is 0.0261. The summed E-state index contributed by atoms with van der Waals surface area (Å²) < 4.78 is 1.61. The number of amides is 1. The van der Waals surface area contributed by atoms with Gasteiger partial charge in [0.15, 0.2) is 0 Å². The van der Waals surface area contributed by atoms with Gasteiger partial charge in [-0.2, -0.15) is 5.10 Å². The van der Waals surface area contributed by atoms with Crippen LogP contribution >= 0.6 is 0 Å². The summed E-state index contributed by atoms with van der Waals surface area (Å²) in [5, 5.41) is 4.14. The largest absolute Gasteiger partial charge is 0.327 e. The Morgan fingerprint density at radius 2 is 1.90 bits per heavy atom. The number of nitrogens with zero attached hydrogens (tertiary/aromatic N) is 5. The number of carbonyl (C=O) groups excluding carboxylic acids is 1. The van der Waals surface area contributed by atoms with E-state index in [0.717, 1.165) is 50.0 Å². The highest BCUT2D eigenvalue weighted by atomic mass is 16.2. The summed E-state index contributed by atoms with van der Waals surface area (Å²) in [7, 11) is 1.78. The quantitative estimate of drug-likeness (QED) is 0.818. The molecule has 0 unspecified atom stereocenters. The molecule has 4 heterocycles. The zero-order chi connectivity index (χ0) is 21.4. The fourth-order valence-corrected chi connectivity index (χ4v) is 5.58. The predicted octanol–water partition coefficient (Wildman–Crippen LogP) is 2.56. The van der Waals surface area contributed by atoms with Gasteiger partial charge in [0.25, 0.3) is 11.5 Å². The van der Waals surface area contributed by atoms with Crippen molar-refractivity contribution in [2.75, 3.05) is 13.1 Å². The van der Waals surface area contributed by atoms with Gasteiger partial charge in [-0.1, -0.05) is 19.3 Å². The molecule has 3 aliphatic rings. The summed E-state index contributed by atoms with van der Waals surface area (Å²) in [5.41, 5.74) is 2.28.